The van der Waals surface area contributed by atoms with Gasteiger partial charge in [-0.2, -0.15) is 0 Å². The van der Waals surface area contributed by atoms with Crippen LogP contribution in [0.25, 0.3) is 0 Å². The van der Waals surface area contributed by atoms with Crippen LogP contribution in [0.5, 0.6) is 0 Å². The van der Waals surface area contributed by atoms with Gasteiger partial charge >= 0.3 is 0 Å². The van der Waals surface area contributed by atoms with Crippen LogP contribution in [0.1, 0.15) is 38.5 Å². The van der Waals surface area contributed by atoms with Crippen LogP contribution in [-0.4, -0.2) is 4.32 Å². The normalized spacial score (nSPS) is 27.2. The maximum atomic E-state index is 3.90. The third-order valence-corrected chi connectivity index (χ3v) is 4.19. The van der Waals surface area contributed by atoms with Gasteiger partial charge < -0.3 is 0 Å². The lowest BCUT2D eigenvalue weighted by Crippen LogP contribution is -2.25. The molecule has 0 aromatic carbocycles. The molecule has 0 nitrogen and oxygen atoms in total. The lowest BCUT2D eigenvalue weighted by molar-refractivity contribution is 0.450. The van der Waals surface area contributed by atoms with Crippen molar-refractivity contribution < 1.29 is 0 Å². The second kappa shape index (κ2) is 3.37. The molecule has 1 saturated carbocycles. The molecule has 12 heavy (non-hydrogen) atoms. The first-order valence-electron chi connectivity index (χ1n) is 4.87. The third-order valence-electron chi connectivity index (χ3n) is 2.93. The van der Waals surface area contributed by atoms with Crippen molar-refractivity contribution in [1.29, 1.82) is 0 Å². The maximum absolute atomic E-state index is 3.90. The highest BCUT2D eigenvalue weighted by Gasteiger charge is 2.31. The Morgan fingerprint density at radius 3 is 2.50 bits per heavy atom. The van der Waals surface area contributed by atoms with Crippen molar-refractivity contribution in [3.05, 3.63) is 23.8 Å². The van der Waals surface area contributed by atoms with Crippen LogP contribution < -0.4 is 0 Å². The maximum Gasteiger partial charge on any atom is 0.0502 e. The van der Waals surface area contributed by atoms with Gasteiger partial charge in [-0.05, 0) is 24.8 Å². The molecule has 0 amide bonds. The van der Waals surface area contributed by atoms with E-state index in [2.05, 4.69) is 34.2 Å². The van der Waals surface area contributed by atoms with Gasteiger partial charge in [-0.25, -0.2) is 0 Å². The lowest BCUT2D eigenvalue weighted by Gasteiger charge is -2.32. The van der Waals surface area contributed by atoms with Crippen molar-refractivity contribution in [2.45, 2.75) is 42.8 Å². The average Bonchev–Trinajstić information content (AvgIpc) is 2.58. The summed E-state index contributed by atoms with van der Waals surface area (Å²) >= 11 is 3.90. The molecule has 2 aliphatic carbocycles. The Morgan fingerprint density at radius 1 is 1.17 bits per heavy atom. The third kappa shape index (κ3) is 1.52. The van der Waals surface area contributed by atoms with Gasteiger partial charge in [-0.3, -0.25) is 0 Å². The molecular formula is C11H15Br. The first kappa shape index (κ1) is 8.55. The molecular weight excluding hydrogens is 212 g/mol. The largest absolute Gasteiger partial charge is 0.0804 e. The van der Waals surface area contributed by atoms with Gasteiger partial charge in [-0.1, -0.05) is 53.4 Å². The van der Waals surface area contributed by atoms with E-state index in [1.54, 1.807) is 0 Å². The Kier molecular flexibility index (Phi) is 2.40. The van der Waals surface area contributed by atoms with E-state index >= 15 is 0 Å². The van der Waals surface area contributed by atoms with Crippen LogP contribution in [0.4, 0.5) is 0 Å². The number of hydrogen-bond acceptors (Lipinski definition) is 0. The van der Waals surface area contributed by atoms with Crippen molar-refractivity contribution in [2.24, 2.45) is 0 Å². The highest BCUT2D eigenvalue weighted by atomic mass is 79.9. The summed E-state index contributed by atoms with van der Waals surface area (Å²) in [6.45, 7) is 0. The summed E-state index contributed by atoms with van der Waals surface area (Å²) in [5.74, 6) is 0. The molecule has 0 aromatic rings. The smallest absolute Gasteiger partial charge is 0.0502 e. The minimum atomic E-state index is 0.345. The topological polar surface area (TPSA) is 0 Å². The van der Waals surface area contributed by atoms with Gasteiger partial charge in [0.1, 0.15) is 0 Å². The van der Waals surface area contributed by atoms with Gasteiger partial charge in [0, 0.05) is 0 Å². The van der Waals surface area contributed by atoms with Crippen molar-refractivity contribution >= 4 is 15.9 Å². The number of hydrogen-bond donors (Lipinski definition) is 0. The zero-order valence-corrected chi connectivity index (χ0v) is 8.94. The van der Waals surface area contributed by atoms with Crippen LogP contribution in [0, 0.1) is 0 Å². The Balaban J connectivity index is 2.13. The molecule has 1 fully saturated rings. The zero-order chi connectivity index (χ0) is 8.44. The van der Waals surface area contributed by atoms with Crippen molar-refractivity contribution in [3.63, 3.8) is 0 Å². The fraction of sp³-hybridized carbons (Fsp3) is 0.636. The molecule has 0 spiro atoms. The first-order valence-corrected chi connectivity index (χ1v) is 5.67. The van der Waals surface area contributed by atoms with Crippen molar-refractivity contribution in [1.82, 2.24) is 0 Å². The molecule has 1 heteroatoms. The Hall–Kier alpha value is -0.0400. The Labute approximate surface area is 82.9 Å². The quantitative estimate of drug-likeness (QED) is 0.594. The highest BCUT2D eigenvalue weighted by Crippen LogP contribution is 2.43. The van der Waals surface area contributed by atoms with E-state index in [9.17, 15) is 0 Å². The summed E-state index contributed by atoms with van der Waals surface area (Å²) < 4.78 is 0.345. The second-order valence-corrected chi connectivity index (χ2v) is 5.34. The molecule has 66 valence electrons. The molecule has 0 aromatic heterocycles. The molecule has 0 aliphatic heterocycles. The second-order valence-electron chi connectivity index (χ2n) is 3.82. The van der Waals surface area contributed by atoms with E-state index in [1.807, 2.05) is 0 Å². The van der Waals surface area contributed by atoms with Crippen LogP contribution in [0.2, 0.25) is 0 Å². The molecule has 2 aliphatic rings. The molecule has 2 rings (SSSR count). The van der Waals surface area contributed by atoms with Crippen molar-refractivity contribution in [3.8, 4) is 0 Å². The van der Waals surface area contributed by atoms with E-state index < -0.39 is 0 Å². The predicted molar refractivity (Wildman–Crippen MR) is 56.6 cm³/mol. The average molecular weight is 227 g/mol. The van der Waals surface area contributed by atoms with E-state index in [1.165, 1.54) is 37.7 Å². The van der Waals surface area contributed by atoms with E-state index in [-0.39, 0.29) is 0 Å². The van der Waals surface area contributed by atoms with Gasteiger partial charge in [0.2, 0.25) is 0 Å². The summed E-state index contributed by atoms with van der Waals surface area (Å²) in [6, 6.07) is 0. The standard InChI is InChI=1S/C11H15Br/c12-11(8-4-1-5-9-11)10-6-2-3-7-10/h2,6-7H,1,3-5,8-9H2. The molecule has 0 radical (unpaired) electrons. The minimum absolute atomic E-state index is 0.345. The Bertz CT molecular complexity index is 219. The minimum Gasteiger partial charge on any atom is -0.0804 e. The van der Waals surface area contributed by atoms with E-state index in [4.69, 9.17) is 0 Å². The van der Waals surface area contributed by atoms with Gasteiger partial charge in [0.15, 0.2) is 0 Å². The summed E-state index contributed by atoms with van der Waals surface area (Å²) in [6.07, 6.45) is 14.9. The highest BCUT2D eigenvalue weighted by molar-refractivity contribution is 9.10. The fourth-order valence-corrected chi connectivity index (χ4v) is 3.05. The molecule has 0 unspecified atom stereocenters. The van der Waals surface area contributed by atoms with Gasteiger partial charge in [-0.15, -0.1) is 0 Å². The number of rotatable bonds is 1. The van der Waals surface area contributed by atoms with Crippen LogP contribution >= 0.6 is 15.9 Å². The molecule has 0 saturated heterocycles. The predicted octanol–water partition coefficient (Wildman–Crippen LogP) is 3.97. The monoisotopic (exact) mass is 226 g/mol. The summed E-state index contributed by atoms with van der Waals surface area (Å²) in [5, 5.41) is 0. The van der Waals surface area contributed by atoms with Gasteiger partial charge in [0.05, 0.1) is 4.32 Å². The zero-order valence-electron chi connectivity index (χ0n) is 7.35. The van der Waals surface area contributed by atoms with Crippen LogP contribution in [-0.2, 0) is 0 Å². The molecule has 0 bridgehead atoms. The lowest BCUT2D eigenvalue weighted by atomic mass is 9.84. The molecule has 0 atom stereocenters. The number of alkyl halides is 1. The van der Waals surface area contributed by atoms with Crippen molar-refractivity contribution in [2.75, 3.05) is 0 Å². The summed E-state index contributed by atoms with van der Waals surface area (Å²) in [4.78, 5) is 0. The van der Waals surface area contributed by atoms with E-state index in [0.717, 1.165) is 6.42 Å². The summed E-state index contributed by atoms with van der Waals surface area (Å²) in [5.41, 5.74) is 1.53. The fourth-order valence-electron chi connectivity index (χ4n) is 2.19. The van der Waals surface area contributed by atoms with Crippen LogP contribution in [0.3, 0.4) is 0 Å². The SMILES string of the molecule is BrC1(C2=CCC=C2)CCCCC1. The Morgan fingerprint density at radius 2 is 1.92 bits per heavy atom. The number of halogens is 1. The molecule has 0 heterocycles. The first-order chi connectivity index (χ1) is 5.81. The van der Waals surface area contributed by atoms with Gasteiger partial charge in [0.25, 0.3) is 0 Å². The number of allylic oxidation sites excluding steroid dienone is 4. The van der Waals surface area contributed by atoms with E-state index in [0.29, 0.717) is 4.32 Å². The molecule has 0 N–H and O–H groups in total. The summed E-state index contributed by atoms with van der Waals surface area (Å²) in [7, 11) is 0. The van der Waals surface area contributed by atoms with Crippen LogP contribution in [0.15, 0.2) is 23.8 Å².